The van der Waals surface area contributed by atoms with Crippen LogP contribution < -0.4 is 5.73 Å². The zero-order valence-corrected chi connectivity index (χ0v) is 12.8. The van der Waals surface area contributed by atoms with Gasteiger partial charge in [-0.15, -0.1) is 0 Å². The van der Waals surface area contributed by atoms with Crippen molar-refractivity contribution in [3.8, 4) is 0 Å². The van der Waals surface area contributed by atoms with Gasteiger partial charge in [0.1, 0.15) is 0 Å². The first-order valence-electron chi connectivity index (χ1n) is 8.05. The number of rotatable bonds is 4. The van der Waals surface area contributed by atoms with Gasteiger partial charge in [0.15, 0.2) is 0 Å². The fraction of sp³-hybridized carbons (Fsp3) is 0.421. The van der Waals surface area contributed by atoms with Crippen LogP contribution in [-0.2, 0) is 12.8 Å². The molecule has 0 fully saturated rings. The molecule has 0 saturated heterocycles. The standard InChI is InChI=1S/C19H24N2/c1-2-14-13-21-11-10-18(14)19(20)12-16-8-5-7-15-6-3-4-9-17(15)16/h3-4,6,9-11,13,16,19H,2,5,7-8,12,20H2,1H3. The second-order valence-electron chi connectivity index (χ2n) is 6.06. The van der Waals surface area contributed by atoms with Crippen LogP contribution in [0, 0.1) is 0 Å². The molecule has 2 unspecified atom stereocenters. The molecule has 0 aliphatic heterocycles. The number of benzene rings is 1. The molecule has 1 aromatic heterocycles. The molecule has 3 rings (SSSR count). The molecule has 2 atom stereocenters. The molecule has 0 saturated carbocycles. The van der Waals surface area contributed by atoms with Gasteiger partial charge in [-0.3, -0.25) is 4.98 Å². The Morgan fingerprint density at radius 2 is 2.14 bits per heavy atom. The van der Waals surface area contributed by atoms with Crippen molar-refractivity contribution in [3.05, 3.63) is 65.0 Å². The number of aryl methyl sites for hydroxylation is 2. The lowest BCUT2D eigenvalue weighted by Gasteiger charge is -2.28. The molecule has 0 amide bonds. The summed E-state index contributed by atoms with van der Waals surface area (Å²) in [5, 5.41) is 0. The number of nitrogens with zero attached hydrogens (tertiary/aromatic N) is 1. The maximum Gasteiger partial charge on any atom is 0.0304 e. The van der Waals surface area contributed by atoms with E-state index in [1.807, 2.05) is 12.4 Å². The average Bonchev–Trinajstić information content (AvgIpc) is 2.55. The van der Waals surface area contributed by atoms with Crippen molar-refractivity contribution in [2.24, 2.45) is 5.73 Å². The van der Waals surface area contributed by atoms with Crippen molar-refractivity contribution in [3.63, 3.8) is 0 Å². The van der Waals surface area contributed by atoms with Gasteiger partial charge in [0, 0.05) is 18.4 Å². The maximum atomic E-state index is 6.53. The first-order valence-corrected chi connectivity index (χ1v) is 8.05. The van der Waals surface area contributed by atoms with E-state index in [1.165, 1.54) is 41.5 Å². The predicted molar refractivity (Wildman–Crippen MR) is 87.3 cm³/mol. The van der Waals surface area contributed by atoms with E-state index in [0.717, 1.165) is 12.8 Å². The van der Waals surface area contributed by atoms with Crippen molar-refractivity contribution in [2.45, 2.75) is 51.0 Å². The van der Waals surface area contributed by atoms with Crippen LogP contribution in [0.4, 0.5) is 0 Å². The summed E-state index contributed by atoms with van der Waals surface area (Å²) in [4.78, 5) is 4.23. The van der Waals surface area contributed by atoms with Crippen LogP contribution in [0.3, 0.4) is 0 Å². The van der Waals surface area contributed by atoms with E-state index in [9.17, 15) is 0 Å². The van der Waals surface area contributed by atoms with Crippen LogP contribution in [0.2, 0.25) is 0 Å². The Balaban J connectivity index is 1.81. The number of pyridine rings is 1. The normalized spacial score (nSPS) is 19.0. The summed E-state index contributed by atoms with van der Waals surface area (Å²) >= 11 is 0. The van der Waals surface area contributed by atoms with E-state index in [1.54, 1.807) is 0 Å². The summed E-state index contributed by atoms with van der Waals surface area (Å²) in [6.07, 6.45) is 9.62. The van der Waals surface area contributed by atoms with Crippen LogP contribution in [0.15, 0.2) is 42.7 Å². The molecule has 2 N–H and O–H groups in total. The summed E-state index contributed by atoms with van der Waals surface area (Å²) in [5.41, 5.74) is 12.1. The van der Waals surface area contributed by atoms with Crippen LogP contribution in [0.5, 0.6) is 0 Å². The molecule has 0 spiro atoms. The van der Waals surface area contributed by atoms with Crippen LogP contribution >= 0.6 is 0 Å². The van der Waals surface area contributed by atoms with Gasteiger partial charge in [0.05, 0.1) is 0 Å². The van der Waals surface area contributed by atoms with E-state index < -0.39 is 0 Å². The fourth-order valence-corrected chi connectivity index (χ4v) is 3.63. The summed E-state index contributed by atoms with van der Waals surface area (Å²) < 4.78 is 0. The molecule has 2 nitrogen and oxygen atoms in total. The number of nitrogens with two attached hydrogens (primary N) is 1. The van der Waals surface area contributed by atoms with Gasteiger partial charge in [-0.05, 0) is 66.3 Å². The first kappa shape index (κ1) is 14.3. The Kier molecular flexibility index (Phi) is 4.35. The Hall–Kier alpha value is -1.67. The highest BCUT2D eigenvalue weighted by atomic mass is 14.7. The highest BCUT2D eigenvalue weighted by Crippen LogP contribution is 2.37. The third-order valence-corrected chi connectivity index (χ3v) is 4.75. The van der Waals surface area contributed by atoms with Gasteiger partial charge in [-0.2, -0.15) is 0 Å². The lowest BCUT2D eigenvalue weighted by molar-refractivity contribution is 0.475. The Labute approximate surface area is 127 Å². The van der Waals surface area contributed by atoms with E-state index in [2.05, 4.69) is 42.2 Å². The minimum absolute atomic E-state index is 0.110. The second-order valence-corrected chi connectivity index (χ2v) is 6.06. The maximum absolute atomic E-state index is 6.53. The van der Waals surface area contributed by atoms with Crippen LogP contribution in [-0.4, -0.2) is 4.98 Å². The minimum atomic E-state index is 0.110. The van der Waals surface area contributed by atoms with Gasteiger partial charge in [0.25, 0.3) is 0 Å². The van der Waals surface area contributed by atoms with Gasteiger partial charge >= 0.3 is 0 Å². The van der Waals surface area contributed by atoms with E-state index in [0.29, 0.717) is 5.92 Å². The average molecular weight is 280 g/mol. The molecule has 1 aromatic carbocycles. The molecule has 21 heavy (non-hydrogen) atoms. The highest BCUT2D eigenvalue weighted by Gasteiger charge is 2.23. The molecule has 0 radical (unpaired) electrons. The molecular formula is C19H24N2. The predicted octanol–water partition coefficient (Wildman–Crippen LogP) is 4.15. The molecule has 2 aromatic rings. The monoisotopic (exact) mass is 280 g/mol. The lowest BCUT2D eigenvalue weighted by atomic mass is 9.78. The smallest absolute Gasteiger partial charge is 0.0304 e. The zero-order chi connectivity index (χ0) is 14.7. The Bertz CT molecular complexity index is 606. The topological polar surface area (TPSA) is 38.9 Å². The molecular weight excluding hydrogens is 256 g/mol. The first-order chi connectivity index (χ1) is 10.3. The van der Waals surface area contributed by atoms with Crippen molar-refractivity contribution >= 4 is 0 Å². The lowest BCUT2D eigenvalue weighted by Crippen LogP contribution is -2.19. The number of hydrogen-bond donors (Lipinski definition) is 1. The second kappa shape index (κ2) is 6.40. The summed E-state index contributed by atoms with van der Waals surface area (Å²) in [7, 11) is 0. The zero-order valence-electron chi connectivity index (χ0n) is 12.8. The Morgan fingerprint density at radius 3 is 3.00 bits per heavy atom. The summed E-state index contributed by atoms with van der Waals surface area (Å²) in [5.74, 6) is 0.600. The third-order valence-electron chi connectivity index (χ3n) is 4.75. The van der Waals surface area contributed by atoms with Crippen molar-refractivity contribution in [1.82, 2.24) is 4.98 Å². The van der Waals surface area contributed by atoms with Crippen molar-refractivity contribution in [2.75, 3.05) is 0 Å². The van der Waals surface area contributed by atoms with Crippen LogP contribution in [0.1, 0.15) is 60.4 Å². The molecule has 1 aliphatic rings. The molecule has 1 aliphatic carbocycles. The minimum Gasteiger partial charge on any atom is -0.324 e. The summed E-state index contributed by atoms with van der Waals surface area (Å²) in [6, 6.07) is 11.1. The Morgan fingerprint density at radius 1 is 1.29 bits per heavy atom. The van der Waals surface area contributed by atoms with Gasteiger partial charge in [-0.25, -0.2) is 0 Å². The largest absolute Gasteiger partial charge is 0.324 e. The van der Waals surface area contributed by atoms with E-state index in [-0.39, 0.29) is 6.04 Å². The fourth-order valence-electron chi connectivity index (χ4n) is 3.63. The number of hydrogen-bond acceptors (Lipinski definition) is 2. The molecule has 110 valence electrons. The highest BCUT2D eigenvalue weighted by molar-refractivity contribution is 5.34. The summed E-state index contributed by atoms with van der Waals surface area (Å²) in [6.45, 7) is 2.17. The van der Waals surface area contributed by atoms with Crippen molar-refractivity contribution in [1.29, 1.82) is 0 Å². The van der Waals surface area contributed by atoms with Gasteiger partial charge in [-0.1, -0.05) is 31.2 Å². The van der Waals surface area contributed by atoms with Gasteiger partial charge < -0.3 is 5.73 Å². The molecule has 2 heteroatoms. The van der Waals surface area contributed by atoms with Gasteiger partial charge in [0.2, 0.25) is 0 Å². The SMILES string of the molecule is CCc1cnccc1C(N)CC1CCCc2ccccc21. The molecule has 0 bridgehead atoms. The van der Waals surface area contributed by atoms with Crippen LogP contribution in [0.25, 0.3) is 0 Å². The van der Waals surface area contributed by atoms with Crippen molar-refractivity contribution < 1.29 is 0 Å². The number of fused-ring (bicyclic) bond motifs is 1. The third kappa shape index (κ3) is 3.01. The molecule has 1 heterocycles. The van der Waals surface area contributed by atoms with E-state index >= 15 is 0 Å². The quantitative estimate of drug-likeness (QED) is 0.913. The number of aromatic nitrogens is 1. The van der Waals surface area contributed by atoms with E-state index in [4.69, 9.17) is 5.73 Å².